The first-order valence-electron chi connectivity index (χ1n) is 6.66. The van der Waals surface area contributed by atoms with Crippen molar-refractivity contribution in [2.45, 2.75) is 17.9 Å². The van der Waals surface area contributed by atoms with E-state index in [9.17, 15) is 13.6 Å². The number of hydrogen-bond acceptors (Lipinski definition) is 3. The maximum Gasteiger partial charge on any atom is 0.222 e. The first-order valence-corrected chi connectivity index (χ1v) is 6.66. The predicted octanol–water partition coefficient (Wildman–Crippen LogP) is 0.927. The molecule has 2 aliphatic heterocycles. The van der Waals surface area contributed by atoms with Crippen molar-refractivity contribution in [1.29, 1.82) is 0 Å². The van der Waals surface area contributed by atoms with E-state index in [0.29, 0.717) is 19.7 Å². The standard InChI is InChI=1S/C14H16F2N2O2/c15-10-2-1-3-11(16)13(10)9-6-17-7-14(9)8-20-5-4-12(19)18-14/h1-3,9,17H,4-8H2,(H,18,19)/t9-,14-/m0/s1. The van der Waals surface area contributed by atoms with E-state index in [1.54, 1.807) is 0 Å². The quantitative estimate of drug-likeness (QED) is 0.805. The zero-order valence-corrected chi connectivity index (χ0v) is 10.9. The van der Waals surface area contributed by atoms with Crippen LogP contribution in [-0.4, -0.2) is 37.7 Å². The van der Waals surface area contributed by atoms with Gasteiger partial charge in [-0.3, -0.25) is 4.79 Å². The second kappa shape index (κ2) is 5.10. The normalized spacial score (nSPS) is 30.3. The molecule has 1 amide bonds. The molecule has 1 spiro atoms. The molecular formula is C14H16F2N2O2. The van der Waals surface area contributed by atoms with Crippen molar-refractivity contribution in [3.05, 3.63) is 35.4 Å². The van der Waals surface area contributed by atoms with E-state index in [0.717, 1.165) is 0 Å². The highest BCUT2D eigenvalue weighted by Crippen LogP contribution is 2.36. The maximum absolute atomic E-state index is 14.0. The number of benzene rings is 1. The molecule has 2 aliphatic rings. The third-order valence-corrected chi connectivity index (χ3v) is 4.03. The third-order valence-electron chi connectivity index (χ3n) is 4.03. The van der Waals surface area contributed by atoms with Crippen molar-refractivity contribution in [1.82, 2.24) is 10.6 Å². The predicted molar refractivity (Wildman–Crippen MR) is 68.3 cm³/mol. The van der Waals surface area contributed by atoms with Gasteiger partial charge in [0.05, 0.1) is 18.8 Å². The van der Waals surface area contributed by atoms with Gasteiger partial charge in [0.25, 0.3) is 0 Å². The highest BCUT2D eigenvalue weighted by atomic mass is 19.1. The number of carbonyl (C=O) groups is 1. The largest absolute Gasteiger partial charge is 0.378 e. The Bertz CT molecular complexity index is 518. The molecule has 108 valence electrons. The molecule has 6 heteroatoms. The molecule has 0 radical (unpaired) electrons. The van der Waals surface area contributed by atoms with Gasteiger partial charge in [0.1, 0.15) is 11.6 Å². The Morgan fingerprint density at radius 3 is 2.80 bits per heavy atom. The van der Waals surface area contributed by atoms with E-state index in [1.807, 2.05) is 0 Å². The van der Waals surface area contributed by atoms with Crippen molar-refractivity contribution in [2.75, 3.05) is 26.3 Å². The summed E-state index contributed by atoms with van der Waals surface area (Å²) >= 11 is 0. The molecule has 0 saturated carbocycles. The molecule has 2 atom stereocenters. The molecule has 4 nitrogen and oxygen atoms in total. The van der Waals surface area contributed by atoms with Gasteiger partial charge in [0.15, 0.2) is 0 Å². The molecule has 2 heterocycles. The van der Waals surface area contributed by atoms with E-state index in [2.05, 4.69) is 10.6 Å². The van der Waals surface area contributed by atoms with Gasteiger partial charge in [-0.2, -0.15) is 0 Å². The van der Waals surface area contributed by atoms with E-state index < -0.39 is 23.1 Å². The zero-order chi connectivity index (χ0) is 14.2. The SMILES string of the molecule is O=C1CCOC[C@]2(CNC[C@H]2c2c(F)cccc2F)N1. The summed E-state index contributed by atoms with van der Waals surface area (Å²) in [6, 6.07) is 3.82. The minimum atomic E-state index is -0.781. The van der Waals surface area contributed by atoms with Gasteiger partial charge in [0.2, 0.25) is 5.91 Å². The van der Waals surface area contributed by atoms with Gasteiger partial charge >= 0.3 is 0 Å². The number of ether oxygens (including phenoxy) is 1. The molecule has 20 heavy (non-hydrogen) atoms. The molecule has 2 N–H and O–H groups in total. The van der Waals surface area contributed by atoms with Crippen LogP contribution in [0, 0.1) is 11.6 Å². The average Bonchev–Trinajstić information content (AvgIpc) is 2.67. The smallest absolute Gasteiger partial charge is 0.222 e. The van der Waals surface area contributed by atoms with Gasteiger partial charge in [-0.1, -0.05) is 6.07 Å². The summed E-state index contributed by atoms with van der Waals surface area (Å²) < 4.78 is 33.5. The molecule has 3 rings (SSSR count). The van der Waals surface area contributed by atoms with E-state index >= 15 is 0 Å². The molecule has 0 unspecified atom stereocenters. The van der Waals surface area contributed by atoms with Gasteiger partial charge in [-0.25, -0.2) is 8.78 Å². The molecule has 0 aliphatic carbocycles. The highest BCUT2D eigenvalue weighted by Gasteiger charge is 2.48. The summed E-state index contributed by atoms with van der Waals surface area (Å²) in [6.45, 7) is 1.43. The summed E-state index contributed by atoms with van der Waals surface area (Å²) in [7, 11) is 0. The monoisotopic (exact) mass is 282 g/mol. The fraction of sp³-hybridized carbons (Fsp3) is 0.500. The van der Waals surface area contributed by atoms with Crippen molar-refractivity contribution >= 4 is 5.91 Å². The van der Waals surface area contributed by atoms with Crippen LogP contribution in [0.4, 0.5) is 8.78 Å². The van der Waals surface area contributed by atoms with E-state index in [1.165, 1.54) is 18.2 Å². The van der Waals surface area contributed by atoms with Crippen LogP contribution in [0.15, 0.2) is 18.2 Å². The lowest BCUT2D eigenvalue weighted by Crippen LogP contribution is -2.55. The Labute approximate surface area is 115 Å². The summed E-state index contributed by atoms with van der Waals surface area (Å²) in [5.74, 6) is -1.80. The van der Waals surface area contributed by atoms with Crippen molar-refractivity contribution < 1.29 is 18.3 Å². The topological polar surface area (TPSA) is 50.4 Å². The minimum absolute atomic E-state index is 0.0169. The Kier molecular flexibility index (Phi) is 3.43. The number of carbonyl (C=O) groups excluding carboxylic acids is 1. The number of halogens is 2. The summed E-state index contributed by atoms with van der Waals surface area (Å²) in [5.41, 5.74) is -0.764. The molecule has 0 bridgehead atoms. The fourth-order valence-corrected chi connectivity index (χ4v) is 3.06. The highest BCUT2D eigenvalue weighted by molar-refractivity contribution is 5.77. The first kappa shape index (κ1) is 13.5. The van der Waals surface area contributed by atoms with Crippen LogP contribution >= 0.6 is 0 Å². The number of hydrogen-bond donors (Lipinski definition) is 2. The first-order chi connectivity index (χ1) is 9.62. The van der Waals surface area contributed by atoms with Gasteiger partial charge in [0, 0.05) is 31.0 Å². The minimum Gasteiger partial charge on any atom is -0.378 e. The Morgan fingerprint density at radius 2 is 2.05 bits per heavy atom. The Balaban J connectivity index is 2.01. The Hall–Kier alpha value is -1.53. The van der Waals surface area contributed by atoms with Crippen LogP contribution in [0.3, 0.4) is 0 Å². The van der Waals surface area contributed by atoms with Gasteiger partial charge in [-0.05, 0) is 12.1 Å². The zero-order valence-electron chi connectivity index (χ0n) is 10.9. The van der Waals surface area contributed by atoms with Crippen LogP contribution in [0.25, 0.3) is 0 Å². The third kappa shape index (κ3) is 2.19. The number of nitrogens with one attached hydrogen (secondary N) is 2. The molecule has 1 aromatic rings. The fourth-order valence-electron chi connectivity index (χ4n) is 3.06. The van der Waals surface area contributed by atoms with Crippen LogP contribution in [-0.2, 0) is 9.53 Å². The number of rotatable bonds is 1. The summed E-state index contributed by atoms with van der Waals surface area (Å²) in [5, 5.41) is 6.00. The summed E-state index contributed by atoms with van der Waals surface area (Å²) in [4.78, 5) is 11.8. The Morgan fingerprint density at radius 1 is 1.30 bits per heavy atom. The van der Waals surface area contributed by atoms with Crippen LogP contribution in [0.2, 0.25) is 0 Å². The van der Waals surface area contributed by atoms with Crippen molar-refractivity contribution in [2.24, 2.45) is 0 Å². The van der Waals surface area contributed by atoms with Crippen LogP contribution in [0.1, 0.15) is 17.9 Å². The van der Waals surface area contributed by atoms with Crippen molar-refractivity contribution in [3.8, 4) is 0 Å². The molecular weight excluding hydrogens is 266 g/mol. The second-order valence-corrected chi connectivity index (χ2v) is 5.33. The van der Waals surface area contributed by atoms with E-state index in [-0.39, 0.29) is 24.5 Å². The summed E-state index contributed by atoms with van der Waals surface area (Å²) in [6.07, 6.45) is 0.272. The van der Waals surface area contributed by atoms with E-state index in [4.69, 9.17) is 4.74 Å². The van der Waals surface area contributed by atoms with Crippen LogP contribution in [0.5, 0.6) is 0 Å². The lowest BCUT2D eigenvalue weighted by Gasteiger charge is -2.34. The van der Waals surface area contributed by atoms with Gasteiger partial charge < -0.3 is 15.4 Å². The molecule has 0 aromatic heterocycles. The van der Waals surface area contributed by atoms with Gasteiger partial charge in [-0.15, -0.1) is 0 Å². The second-order valence-electron chi connectivity index (χ2n) is 5.33. The number of amides is 1. The maximum atomic E-state index is 14.0. The van der Waals surface area contributed by atoms with Crippen molar-refractivity contribution in [3.63, 3.8) is 0 Å². The molecule has 1 aromatic carbocycles. The lowest BCUT2D eigenvalue weighted by atomic mass is 9.81. The molecule has 2 fully saturated rings. The lowest BCUT2D eigenvalue weighted by molar-refractivity contribution is -0.122. The average molecular weight is 282 g/mol. The molecule has 2 saturated heterocycles. The van der Waals surface area contributed by atoms with Crippen LogP contribution < -0.4 is 10.6 Å².